The average molecular weight is 388 g/mol. The lowest BCUT2D eigenvalue weighted by molar-refractivity contribution is -0.115. The van der Waals surface area contributed by atoms with E-state index in [1.54, 1.807) is 30.3 Å². The molecule has 1 amide bonds. The first-order valence-electron chi connectivity index (χ1n) is 8.47. The van der Waals surface area contributed by atoms with Crippen LogP contribution in [0.2, 0.25) is 0 Å². The molecule has 0 radical (unpaired) electrons. The lowest BCUT2D eigenvalue weighted by atomic mass is 10.0. The Kier molecular flexibility index (Phi) is 5.18. The third-order valence-corrected chi connectivity index (χ3v) is 5.62. The predicted octanol–water partition coefficient (Wildman–Crippen LogP) is 2.28. The topological polar surface area (TPSA) is 104 Å². The van der Waals surface area contributed by atoms with E-state index in [2.05, 4.69) is 5.32 Å². The standard InChI is InChI=1S/C19H20N2O5S/c1-27(25,26)21-10-4-6-13-8-9-15(12-17(13)21)20-18(22)11-14-5-2-3-7-16(14)19(23)24/h2-3,5,7-9,12H,4,6,10-11H2,1H3,(H,20,22)(H,23,24). The molecule has 2 aromatic rings. The van der Waals surface area contributed by atoms with E-state index < -0.39 is 16.0 Å². The predicted molar refractivity (Wildman–Crippen MR) is 103 cm³/mol. The summed E-state index contributed by atoms with van der Waals surface area (Å²) in [5, 5.41) is 11.9. The van der Waals surface area contributed by atoms with Gasteiger partial charge in [-0.15, -0.1) is 0 Å². The molecule has 0 unspecified atom stereocenters. The van der Waals surface area contributed by atoms with Crippen LogP contribution in [-0.2, 0) is 27.7 Å². The van der Waals surface area contributed by atoms with Crippen LogP contribution in [0.25, 0.3) is 0 Å². The van der Waals surface area contributed by atoms with Crippen molar-refractivity contribution in [2.45, 2.75) is 19.3 Å². The van der Waals surface area contributed by atoms with E-state index in [1.807, 2.05) is 6.07 Å². The van der Waals surface area contributed by atoms with Crippen LogP contribution >= 0.6 is 0 Å². The SMILES string of the molecule is CS(=O)(=O)N1CCCc2ccc(NC(=O)Cc3ccccc3C(=O)O)cc21. The molecule has 0 fully saturated rings. The number of aryl methyl sites for hydroxylation is 1. The number of carboxylic acids is 1. The van der Waals surface area contributed by atoms with E-state index >= 15 is 0 Å². The van der Waals surface area contributed by atoms with E-state index in [-0.39, 0.29) is 17.9 Å². The zero-order valence-corrected chi connectivity index (χ0v) is 15.6. The maximum atomic E-state index is 12.4. The highest BCUT2D eigenvalue weighted by molar-refractivity contribution is 7.92. The van der Waals surface area contributed by atoms with Crippen molar-refractivity contribution in [3.8, 4) is 0 Å². The summed E-state index contributed by atoms with van der Waals surface area (Å²) in [7, 11) is -3.39. The van der Waals surface area contributed by atoms with Crippen molar-refractivity contribution in [3.63, 3.8) is 0 Å². The van der Waals surface area contributed by atoms with Crippen molar-refractivity contribution in [2.75, 3.05) is 22.4 Å². The molecule has 1 heterocycles. The Balaban J connectivity index is 1.81. The molecule has 2 aromatic carbocycles. The minimum atomic E-state index is -3.39. The molecule has 7 nitrogen and oxygen atoms in total. The summed E-state index contributed by atoms with van der Waals surface area (Å²) in [6.07, 6.45) is 2.60. The molecule has 0 saturated heterocycles. The highest BCUT2D eigenvalue weighted by atomic mass is 32.2. The summed E-state index contributed by atoms with van der Waals surface area (Å²) in [5.74, 6) is -1.46. The normalized spacial score (nSPS) is 13.7. The van der Waals surface area contributed by atoms with Gasteiger partial charge in [-0.25, -0.2) is 13.2 Å². The van der Waals surface area contributed by atoms with E-state index in [0.29, 0.717) is 23.5 Å². The number of nitrogens with zero attached hydrogens (tertiary/aromatic N) is 1. The van der Waals surface area contributed by atoms with E-state index in [4.69, 9.17) is 0 Å². The maximum absolute atomic E-state index is 12.4. The molecule has 0 saturated carbocycles. The fourth-order valence-corrected chi connectivity index (χ4v) is 4.21. The monoisotopic (exact) mass is 388 g/mol. The fourth-order valence-electron chi connectivity index (χ4n) is 3.22. The second-order valence-corrected chi connectivity index (χ2v) is 8.38. The number of rotatable bonds is 5. The van der Waals surface area contributed by atoms with Gasteiger partial charge < -0.3 is 10.4 Å². The van der Waals surface area contributed by atoms with Crippen LogP contribution in [0.3, 0.4) is 0 Å². The van der Waals surface area contributed by atoms with Crippen LogP contribution in [0.15, 0.2) is 42.5 Å². The van der Waals surface area contributed by atoms with Gasteiger partial charge in [0, 0.05) is 12.2 Å². The largest absolute Gasteiger partial charge is 0.478 e. The molecule has 2 N–H and O–H groups in total. The number of amides is 1. The quantitative estimate of drug-likeness (QED) is 0.818. The van der Waals surface area contributed by atoms with Crippen molar-refractivity contribution in [3.05, 3.63) is 59.2 Å². The molecule has 0 aliphatic carbocycles. The molecular formula is C19H20N2O5S. The molecule has 1 aliphatic rings. The molecule has 27 heavy (non-hydrogen) atoms. The Hall–Kier alpha value is -2.87. The van der Waals surface area contributed by atoms with Crippen molar-refractivity contribution in [1.82, 2.24) is 0 Å². The summed E-state index contributed by atoms with van der Waals surface area (Å²) in [5.41, 5.74) is 2.47. The molecule has 0 spiro atoms. The van der Waals surface area contributed by atoms with Crippen LogP contribution < -0.4 is 9.62 Å². The molecule has 0 aromatic heterocycles. The zero-order chi connectivity index (χ0) is 19.6. The lowest BCUT2D eigenvalue weighted by Crippen LogP contribution is -2.34. The number of fused-ring (bicyclic) bond motifs is 1. The maximum Gasteiger partial charge on any atom is 0.335 e. The Morgan fingerprint density at radius 3 is 2.63 bits per heavy atom. The highest BCUT2D eigenvalue weighted by Gasteiger charge is 2.24. The number of benzene rings is 2. The molecule has 0 bridgehead atoms. The van der Waals surface area contributed by atoms with Gasteiger partial charge in [-0.2, -0.15) is 0 Å². The first-order chi connectivity index (χ1) is 12.8. The number of nitrogens with one attached hydrogen (secondary N) is 1. The minimum Gasteiger partial charge on any atom is -0.478 e. The summed E-state index contributed by atoms with van der Waals surface area (Å²) >= 11 is 0. The molecule has 142 valence electrons. The number of hydrogen-bond donors (Lipinski definition) is 2. The molecule has 0 atom stereocenters. The van der Waals surface area contributed by atoms with Crippen molar-refractivity contribution in [1.29, 1.82) is 0 Å². The summed E-state index contributed by atoms with van der Waals surface area (Å²) in [4.78, 5) is 23.6. The van der Waals surface area contributed by atoms with E-state index in [0.717, 1.165) is 24.7 Å². The van der Waals surface area contributed by atoms with Gasteiger partial charge in [0.1, 0.15) is 0 Å². The third kappa shape index (κ3) is 4.28. The van der Waals surface area contributed by atoms with Crippen LogP contribution in [0, 0.1) is 0 Å². The number of hydrogen-bond acceptors (Lipinski definition) is 4. The van der Waals surface area contributed by atoms with Gasteiger partial charge in [-0.1, -0.05) is 24.3 Å². The van der Waals surface area contributed by atoms with Gasteiger partial charge in [0.05, 0.1) is 23.9 Å². The number of carboxylic acid groups (broad SMARTS) is 1. The average Bonchev–Trinajstić information content (AvgIpc) is 2.60. The Labute approximate surface area is 157 Å². The molecule has 1 aliphatic heterocycles. The minimum absolute atomic E-state index is 0.0846. The van der Waals surface area contributed by atoms with Gasteiger partial charge in [0.25, 0.3) is 0 Å². The number of carbonyl (C=O) groups is 2. The smallest absolute Gasteiger partial charge is 0.335 e. The Morgan fingerprint density at radius 1 is 1.19 bits per heavy atom. The number of anilines is 2. The lowest BCUT2D eigenvalue weighted by Gasteiger charge is -2.29. The second-order valence-electron chi connectivity index (χ2n) is 6.47. The van der Waals surface area contributed by atoms with Gasteiger partial charge in [0.2, 0.25) is 15.9 Å². The summed E-state index contributed by atoms with van der Waals surface area (Å²) in [6.45, 7) is 0.412. The zero-order valence-electron chi connectivity index (χ0n) is 14.8. The summed E-state index contributed by atoms with van der Waals surface area (Å²) < 4.78 is 25.4. The Morgan fingerprint density at radius 2 is 1.93 bits per heavy atom. The van der Waals surface area contributed by atoms with Crippen molar-refractivity contribution in [2.24, 2.45) is 0 Å². The first-order valence-corrected chi connectivity index (χ1v) is 10.3. The van der Waals surface area contributed by atoms with Gasteiger partial charge in [-0.3, -0.25) is 9.10 Å². The molecule has 8 heteroatoms. The number of sulfonamides is 1. The van der Waals surface area contributed by atoms with Gasteiger partial charge in [-0.05, 0) is 42.2 Å². The second kappa shape index (κ2) is 7.40. The summed E-state index contributed by atoms with van der Waals surface area (Å²) in [6, 6.07) is 11.5. The van der Waals surface area contributed by atoms with Gasteiger partial charge in [0.15, 0.2) is 0 Å². The highest BCUT2D eigenvalue weighted by Crippen LogP contribution is 2.31. The fraction of sp³-hybridized carbons (Fsp3) is 0.263. The number of aromatic carboxylic acids is 1. The third-order valence-electron chi connectivity index (χ3n) is 4.44. The van der Waals surface area contributed by atoms with Crippen LogP contribution in [0.5, 0.6) is 0 Å². The van der Waals surface area contributed by atoms with Gasteiger partial charge >= 0.3 is 5.97 Å². The van der Waals surface area contributed by atoms with E-state index in [9.17, 15) is 23.1 Å². The van der Waals surface area contributed by atoms with Crippen LogP contribution in [-0.4, -0.2) is 38.2 Å². The first kappa shape index (κ1) is 18.9. The van der Waals surface area contributed by atoms with Crippen molar-refractivity contribution >= 4 is 33.3 Å². The molecule has 3 rings (SSSR count). The van der Waals surface area contributed by atoms with E-state index in [1.165, 1.54) is 10.4 Å². The van der Waals surface area contributed by atoms with Crippen LogP contribution in [0.1, 0.15) is 27.9 Å². The number of carbonyl (C=O) groups excluding carboxylic acids is 1. The molecular weight excluding hydrogens is 368 g/mol. The van der Waals surface area contributed by atoms with Crippen molar-refractivity contribution < 1.29 is 23.1 Å². The Bertz CT molecular complexity index is 1000. The van der Waals surface area contributed by atoms with Crippen LogP contribution in [0.4, 0.5) is 11.4 Å².